The molecule has 0 fully saturated rings. The Kier molecular flexibility index (Phi) is 3.47. The summed E-state index contributed by atoms with van der Waals surface area (Å²) in [6.07, 6.45) is 3.32. The molecule has 1 rings (SSSR count). The lowest BCUT2D eigenvalue weighted by molar-refractivity contribution is -0.132. The molecule has 4 nitrogen and oxygen atoms in total. The third-order valence-electron chi connectivity index (χ3n) is 2.07. The number of carboxylic acids is 1. The van der Waals surface area contributed by atoms with Crippen molar-refractivity contribution in [3.63, 3.8) is 0 Å². The van der Waals surface area contributed by atoms with Gasteiger partial charge in [0.05, 0.1) is 17.0 Å². The molecule has 15 heavy (non-hydrogen) atoms. The lowest BCUT2D eigenvalue weighted by Crippen LogP contribution is -2.23. The number of carbonyl (C=O) groups is 1. The number of hydrogen-bond acceptors (Lipinski definition) is 3. The summed E-state index contributed by atoms with van der Waals surface area (Å²) < 4.78 is 0.678. The van der Waals surface area contributed by atoms with Crippen LogP contribution < -0.4 is 5.73 Å². The quantitative estimate of drug-likeness (QED) is 0.760. The van der Waals surface area contributed by atoms with Crippen LogP contribution in [0.4, 0.5) is 0 Å². The minimum Gasteiger partial charge on any atom is -0.478 e. The maximum Gasteiger partial charge on any atom is 0.337 e. The molecule has 0 aliphatic heterocycles. The second kappa shape index (κ2) is 4.44. The summed E-state index contributed by atoms with van der Waals surface area (Å²) in [5.74, 6) is -1.05. The summed E-state index contributed by atoms with van der Waals surface area (Å²) in [4.78, 5) is 14.9. The van der Waals surface area contributed by atoms with Crippen molar-refractivity contribution in [2.45, 2.75) is 6.92 Å². The van der Waals surface area contributed by atoms with E-state index in [2.05, 4.69) is 20.9 Å². The van der Waals surface area contributed by atoms with Gasteiger partial charge < -0.3 is 10.8 Å². The Labute approximate surface area is 96.0 Å². The van der Waals surface area contributed by atoms with Gasteiger partial charge in [-0.25, -0.2) is 4.79 Å². The molecule has 5 heteroatoms. The average Bonchev–Trinajstić information content (AvgIpc) is 2.19. The SMILES string of the molecule is C/C=C1/C(Br)=CC(C(=O)O)=C(N)/C1=N/C. The van der Waals surface area contributed by atoms with Crippen LogP contribution in [0.1, 0.15) is 6.92 Å². The van der Waals surface area contributed by atoms with Crippen LogP contribution in [0.2, 0.25) is 0 Å². The van der Waals surface area contributed by atoms with Crippen LogP contribution in [0.25, 0.3) is 0 Å². The van der Waals surface area contributed by atoms with Crippen molar-refractivity contribution in [2.75, 3.05) is 7.05 Å². The second-order valence-electron chi connectivity index (χ2n) is 2.90. The predicted octanol–water partition coefficient (Wildman–Crippen LogP) is 1.59. The number of hydrogen-bond donors (Lipinski definition) is 2. The Bertz CT molecular complexity index is 431. The molecular formula is C10H11BrN2O2. The van der Waals surface area contributed by atoms with E-state index in [4.69, 9.17) is 10.8 Å². The standard InChI is InChI=1S/C10H11BrN2O2/c1-3-5-7(11)4-6(10(14)15)8(12)9(5)13-2/h3-4H,12H2,1-2H3,(H,14,15)/b5-3-,13-9+. The van der Waals surface area contributed by atoms with Crippen LogP contribution in [-0.2, 0) is 4.79 Å². The van der Waals surface area contributed by atoms with E-state index in [-0.39, 0.29) is 11.3 Å². The molecule has 0 heterocycles. The highest BCUT2D eigenvalue weighted by Gasteiger charge is 2.23. The van der Waals surface area contributed by atoms with E-state index in [1.165, 1.54) is 6.08 Å². The highest BCUT2D eigenvalue weighted by molar-refractivity contribution is 9.12. The zero-order valence-electron chi connectivity index (χ0n) is 8.41. The van der Waals surface area contributed by atoms with Crippen LogP contribution in [0, 0.1) is 0 Å². The maximum atomic E-state index is 10.9. The summed E-state index contributed by atoms with van der Waals surface area (Å²) in [7, 11) is 1.58. The predicted molar refractivity (Wildman–Crippen MR) is 63.0 cm³/mol. The first kappa shape index (κ1) is 11.7. The molecule has 0 saturated heterocycles. The number of halogens is 1. The van der Waals surface area contributed by atoms with Crippen molar-refractivity contribution in [2.24, 2.45) is 10.7 Å². The number of aliphatic imine (C=N–C) groups is 1. The van der Waals surface area contributed by atoms with E-state index in [0.29, 0.717) is 10.2 Å². The summed E-state index contributed by atoms with van der Waals surface area (Å²) in [5, 5.41) is 8.92. The highest BCUT2D eigenvalue weighted by Crippen LogP contribution is 2.28. The third kappa shape index (κ3) is 2.02. The topological polar surface area (TPSA) is 75.7 Å². The molecule has 0 aromatic heterocycles. The average molecular weight is 271 g/mol. The number of nitrogens with two attached hydrogens (primary N) is 1. The van der Waals surface area contributed by atoms with Gasteiger partial charge in [0.15, 0.2) is 0 Å². The van der Waals surface area contributed by atoms with Crippen LogP contribution in [-0.4, -0.2) is 23.8 Å². The largest absolute Gasteiger partial charge is 0.478 e. The molecule has 0 amide bonds. The molecule has 3 N–H and O–H groups in total. The second-order valence-corrected chi connectivity index (χ2v) is 3.75. The lowest BCUT2D eigenvalue weighted by atomic mass is 9.96. The van der Waals surface area contributed by atoms with Crippen LogP contribution >= 0.6 is 15.9 Å². The lowest BCUT2D eigenvalue weighted by Gasteiger charge is -2.17. The first-order chi connectivity index (χ1) is 7.02. The minimum atomic E-state index is -1.05. The fourth-order valence-electron chi connectivity index (χ4n) is 1.36. The first-order valence-electron chi connectivity index (χ1n) is 4.27. The van der Waals surface area contributed by atoms with Crippen molar-refractivity contribution in [1.82, 2.24) is 0 Å². The van der Waals surface area contributed by atoms with E-state index >= 15 is 0 Å². The number of carboxylic acid groups (broad SMARTS) is 1. The zero-order chi connectivity index (χ0) is 11.6. The van der Waals surface area contributed by atoms with Crippen molar-refractivity contribution < 1.29 is 9.90 Å². The fraction of sp³-hybridized carbons (Fsp3) is 0.200. The number of aliphatic carboxylic acids is 1. The Hall–Kier alpha value is -1.36. The summed E-state index contributed by atoms with van der Waals surface area (Å²) >= 11 is 3.29. The fourth-order valence-corrected chi connectivity index (χ4v) is 2.01. The van der Waals surface area contributed by atoms with E-state index in [1.807, 2.05) is 13.0 Å². The van der Waals surface area contributed by atoms with Gasteiger partial charge in [-0.05, 0) is 13.0 Å². The molecule has 1 aliphatic carbocycles. The molecule has 0 bridgehead atoms. The van der Waals surface area contributed by atoms with Crippen LogP contribution in [0.5, 0.6) is 0 Å². The van der Waals surface area contributed by atoms with Gasteiger partial charge >= 0.3 is 5.97 Å². The van der Waals surface area contributed by atoms with Gasteiger partial charge in [-0.15, -0.1) is 0 Å². The Morgan fingerprint density at radius 3 is 2.67 bits per heavy atom. The normalized spacial score (nSPS) is 22.2. The molecule has 0 atom stereocenters. The van der Waals surface area contributed by atoms with Gasteiger partial charge in [0.2, 0.25) is 0 Å². The van der Waals surface area contributed by atoms with Crippen molar-refractivity contribution in [3.8, 4) is 0 Å². The molecular weight excluding hydrogens is 260 g/mol. The van der Waals surface area contributed by atoms with Gasteiger partial charge in [0.1, 0.15) is 0 Å². The highest BCUT2D eigenvalue weighted by atomic mass is 79.9. The Morgan fingerprint density at radius 2 is 2.27 bits per heavy atom. The van der Waals surface area contributed by atoms with Crippen LogP contribution in [0.15, 0.2) is 38.5 Å². The van der Waals surface area contributed by atoms with E-state index < -0.39 is 5.97 Å². The maximum absolute atomic E-state index is 10.9. The smallest absolute Gasteiger partial charge is 0.337 e. The van der Waals surface area contributed by atoms with Crippen molar-refractivity contribution in [1.29, 1.82) is 0 Å². The van der Waals surface area contributed by atoms with Gasteiger partial charge in [-0.3, -0.25) is 4.99 Å². The van der Waals surface area contributed by atoms with E-state index in [9.17, 15) is 4.79 Å². The Morgan fingerprint density at radius 1 is 1.67 bits per heavy atom. The molecule has 0 aromatic rings. The van der Waals surface area contributed by atoms with Gasteiger partial charge in [-0.1, -0.05) is 22.0 Å². The molecule has 80 valence electrons. The van der Waals surface area contributed by atoms with Crippen molar-refractivity contribution in [3.05, 3.63) is 33.5 Å². The third-order valence-corrected chi connectivity index (χ3v) is 2.73. The van der Waals surface area contributed by atoms with Gasteiger partial charge in [0, 0.05) is 17.1 Å². The summed E-state index contributed by atoms with van der Waals surface area (Å²) in [6, 6.07) is 0. The number of allylic oxidation sites excluding steroid dienone is 3. The Balaban J connectivity index is 3.43. The molecule has 1 aliphatic rings. The van der Waals surface area contributed by atoms with Crippen LogP contribution in [0.3, 0.4) is 0 Å². The summed E-state index contributed by atoms with van der Waals surface area (Å²) in [6.45, 7) is 1.84. The van der Waals surface area contributed by atoms with E-state index in [1.54, 1.807) is 7.05 Å². The molecule has 0 aromatic carbocycles. The van der Waals surface area contributed by atoms with Crippen molar-refractivity contribution >= 4 is 27.6 Å². The number of nitrogens with zero attached hydrogens (tertiary/aromatic N) is 1. The molecule has 0 spiro atoms. The first-order valence-corrected chi connectivity index (χ1v) is 5.06. The number of rotatable bonds is 1. The molecule has 0 radical (unpaired) electrons. The molecule has 0 saturated carbocycles. The molecule has 0 unspecified atom stereocenters. The van der Waals surface area contributed by atoms with Gasteiger partial charge in [-0.2, -0.15) is 0 Å². The monoisotopic (exact) mass is 270 g/mol. The van der Waals surface area contributed by atoms with E-state index in [0.717, 1.165) is 5.57 Å². The summed E-state index contributed by atoms with van der Waals surface area (Å²) in [5.41, 5.74) is 7.29. The van der Waals surface area contributed by atoms with Gasteiger partial charge in [0.25, 0.3) is 0 Å². The zero-order valence-corrected chi connectivity index (χ0v) is 10.00. The minimum absolute atomic E-state index is 0.0630.